The van der Waals surface area contributed by atoms with Crippen molar-refractivity contribution in [3.8, 4) is 0 Å². The van der Waals surface area contributed by atoms with Crippen molar-refractivity contribution in [2.24, 2.45) is 5.73 Å². The van der Waals surface area contributed by atoms with Gasteiger partial charge in [0.05, 0.1) is 6.54 Å². The molecule has 0 aliphatic rings. The predicted octanol–water partition coefficient (Wildman–Crippen LogP) is 1.03. The van der Waals surface area contributed by atoms with E-state index in [4.69, 9.17) is 5.73 Å². The third-order valence-electron chi connectivity index (χ3n) is 2.50. The number of aryl methyl sites for hydroxylation is 1. The Labute approximate surface area is 107 Å². The molecule has 0 saturated heterocycles. The molecule has 4 N–H and O–H groups in total. The molecule has 0 radical (unpaired) electrons. The predicted molar refractivity (Wildman–Crippen MR) is 71.5 cm³/mol. The zero-order valence-corrected chi connectivity index (χ0v) is 10.7. The monoisotopic (exact) mass is 249 g/mol. The third-order valence-corrected chi connectivity index (χ3v) is 2.50. The van der Waals surface area contributed by atoms with Crippen molar-refractivity contribution in [3.05, 3.63) is 29.3 Å². The average Bonchev–Trinajstić information content (AvgIpc) is 2.32. The number of carbonyl (C=O) groups excluding carboxylic acids is 2. The number of benzene rings is 1. The molecule has 2 amide bonds. The normalized spacial score (nSPS) is 10.1. The molecule has 0 atom stereocenters. The molecule has 98 valence electrons. The molecule has 0 bridgehead atoms. The maximum Gasteiger partial charge on any atom is 0.248 e. The lowest BCUT2D eigenvalue weighted by Gasteiger charge is -2.09. The first kappa shape index (κ1) is 14.2. The second-order valence-corrected chi connectivity index (χ2v) is 4.12. The summed E-state index contributed by atoms with van der Waals surface area (Å²) in [6.07, 6.45) is 0.986. The second-order valence-electron chi connectivity index (χ2n) is 4.12. The van der Waals surface area contributed by atoms with Crippen molar-refractivity contribution in [2.45, 2.75) is 20.3 Å². The number of hydrogen-bond acceptors (Lipinski definition) is 3. The van der Waals surface area contributed by atoms with Gasteiger partial charge in [0.1, 0.15) is 0 Å². The first-order chi connectivity index (χ1) is 8.54. The van der Waals surface area contributed by atoms with Gasteiger partial charge in [-0.15, -0.1) is 0 Å². The summed E-state index contributed by atoms with van der Waals surface area (Å²) < 4.78 is 0. The van der Waals surface area contributed by atoms with Crippen LogP contribution < -0.4 is 16.4 Å². The van der Waals surface area contributed by atoms with Crippen LogP contribution in [0.3, 0.4) is 0 Å². The molecule has 1 rings (SSSR count). The molecule has 5 heteroatoms. The number of nitrogens with two attached hydrogens (primary N) is 1. The van der Waals surface area contributed by atoms with Gasteiger partial charge in [-0.1, -0.05) is 6.92 Å². The van der Waals surface area contributed by atoms with Crippen molar-refractivity contribution in [1.82, 2.24) is 5.32 Å². The Hall–Kier alpha value is -1.88. The quantitative estimate of drug-likeness (QED) is 0.658. The Morgan fingerprint density at radius 1 is 1.33 bits per heavy atom. The zero-order chi connectivity index (χ0) is 13.5. The molecule has 18 heavy (non-hydrogen) atoms. The SMILES string of the molecule is CCCNCC(=O)Nc1ccc(C(N)=O)cc1C. The minimum Gasteiger partial charge on any atom is -0.366 e. The standard InChI is InChI=1S/C13H19N3O2/c1-3-6-15-8-12(17)16-11-5-4-10(13(14)18)7-9(11)2/h4-5,7,15H,3,6,8H2,1-2H3,(H2,14,18)(H,16,17). The van der Waals surface area contributed by atoms with Crippen molar-refractivity contribution in [2.75, 3.05) is 18.4 Å². The largest absolute Gasteiger partial charge is 0.366 e. The molecule has 0 fully saturated rings. The van der Waals surface area contributed by atoms with Crippen molar-refractivity contribution < 1.29 is 9.59 Å². The first-order valence-corrected chi connectivity index (χ1v) is 5.95. The van der Waals surface area contributed by atoms with Gasteiger partial charge in [0.15, 0.2) is 0 Å². The van der Waals surface area contributed by atoms with Gasteiger partial charge in [0.2, 0.25) is 11.8 Å². The lowest BCUT2D eigenvalue weighted by atomic mass is 10.1. The molecule has 0 aliphatic carbocycles. The fraction of sp³-hybridized carbons (Fsp3) is 0.385. The van der Waals surface area contributed by atoms with Gasteiger partial charge >= 0.3 is 0 Å². The molecule has 1 aromatic carbocycles. The number of carbonyl (C=O) groups is 2. The van der Waals surface area contributed by atoms with Gasteiger partial charge in [-0.2, -0.15) is 0 Å². The summed E-state index contributed by atoms with van der Waals surface area (Å²) in [7, 11) is 0. The summed E-state index contributed by atoms with van der Waals surface area (Å²) in [4.78, 5) is 22.6. The van der Waals surface area contributed by atoms with Gasteiger partial charge in [0, 0.05) is 11.3 Å². The van der Waals surface area contributed by atoms with Gasteiger partial charge in [-0.25, -0.2) is 0 Å². The van der Waals surface area contributed by atoms with Crippen LogP contribution in [-0.4, -0.2) is 24.9 Å². The summed E-state index contributed by atoms with van der Waals surface area (Å²) >= 11 is 0. The number of amides is 2. The van der Waals surface area contributed by atoms with E-state index < -0.39 is 5.91 Å². The second kappa shape index (κ2) is 6.76. The van der Waals surface area contributed by atoms with Crippen molar-refractivity contribution in [1.29, 1.82) is 0 Å². The van der Waals surface area contributed by atoms with Crippen LogP contribution in [0.4, 0.5) is 5.69 Å². The number of primary amides is 1. The van der Waals surface area contributed by atoms with Crippen LogP contribution in [0, 0.1) is 6.92 Å². The van der Waals surface area contributed by atoms with Crippen LogP contribution >= 0.6 is 0 Å². The van der Waals surface area contributed by atoms with Gasteiger partial charge in [-0.05, 0) is 43.7 Å². The van der Waals surface area contributed by atoms with Crippen molar-refractivity contribution in [3.63, 3.8) is 0 Å². The molecule has 0 unspecified atom stereocenters. The topological polar surface area (TPSA) is 84.2 Å². The van der Waals surface area contributed by atoms with Crippen LogP contribution in [0.15, 0.2) is 18.2 Å². The van der Waals surface area contributed by atoms with Crippen LogP contribution in [0.5, 0.6) is 0 Å². The van der Waals surface area contributed by atoms with E-state index in [1.165, 1.54) is 0 Å². The van der Waals surface area contributed by atoms with E-state index in [1.54, 1.807) is 18.2 Å². The van der Waals surface area contributed by atoms with Gasteiger partial charge < -0.3 is 16.4 Å². The molecule has 0 aliphatic heterocycles. The minimum absolute atomic E-state index is 0.0987. The number of nitrogens with one attached hydrogen (secondary N) is 2. The fourth-order valence-corrected chi connectivity index (χ4v) is 1.53. The zero-order valence-electron chi connectivity index (χ0n) is 10.7. The van der Waals surface area contributed by atoms with Crippen LogP contribution in [-0.2, 0) is 4.79 Å². The Morgan fingerprint density at radius 2 is 2.06 bits per heavy atom. The summed E-state index contributed by atoms with van der Waals surface area (Å²) in [5.41, 5.74) is 7.13. The summed E-state index contributed by atoms with van der Waals surface area (Å²) in [6.45, 7) is 4.96. The van der Waals surface area contributed by atoms with Crippen LogP contribution in [0.2, 0.25) is 0 Å². The van der Waals surface area contributed by atoms with E-state index >= 15 is 0 Å². The molecule has 0 spiro atoms. The van der Waals surface area contributed by atoms with Gasteiger partial charge in [-0.3, -0.25) is 9.59 Å². The van der Waals surface area contributed by atoms with Crippen molar-refractivity contribution >= 4 is 17.5 Å². The van der Waals surface area contributed by atoms with E-state index in [1.807, 2.05) is 13.8 Å². The lowest BCUT2D eigenvalue weighted by molar-refractivity contribution is -0.115. The highest BCUT2D eigenvalue weighted by molar-refractivity contribution is 5.96. The maximum absolute atomic E-state index is 11.6. The molecular weight excluding hydrogens is 230 g/mol. The number of anilines is 1. The highest BCUT2D eigenvalue weighted by Crippen LogP contribution is 2.16. The Kier molecular flexibility index (Phi) is 5.32. The Balaban J connectivity index is 2.62. The average molecular weight is 249 g/mol. The smallest absolute Gasteiger partial charge is 0.248 e. The Bertz CT molecular complexity index is 444. The maximum atomic E-state index is 11.6. The number of hydrogen-bond donors (Lipinski definition) is 3. The van der Waals surface area contributed by atoms with Crippen LogP contribution in [0.1, 0.15) is 29.3 Å². The Morgan fingerprint density at radius 3 is 2.61 bits per heavy atom. The lowest BCUT2D eigenvalue weighted by Crippen LogP contribution is -2.28. The molecule has 1 aromatic rings. The minimum atomic E-state index is -0.472. The fourth-order valence-electron chi connectivity index (χ4n) is 1.53. The molecule has 0 saturated carbocycles. The third kappa shape index (κ3) is 4.18. The van der Waals surface area contributed by atoms with E-state index in [9.17, 15) is 9.59 Å². The van der Waals surface area contributed by atoms with Crippen LogP contribution in [0.25, 0.3) is 0 Å². The summed E-state index contributed by atoms with van der Waals surface area (Å²) in [6, 6.07) is 4.95. The molecular formula is C13H19N3O2. The number of rotatable bonds is 6. The first-order valence-electron chi connectivity index (χ1n) is 5.95. The van der Waals surface area contributed by atoms with E-state index in [0.717, 1.165) is 18.5 Å². The van der Waals surface area contributed by atoms with E-state index in [2.05, 4.69) is 10.6 Å². The highest BCUT2D eigenvalue weighted by atomic mass is 16.2. The van der Waals surface area contributed by atoms with Gasteiger partial charge in [0.25, 0.3) is 0 Å². The van der Waals surface area contributed by atoms with E-state index in [0.29, 0.717) is 11.3 Å². The highest BCUT2D eigenvalue weighted by Gasteiger charge is 2.06. The molecule has 0 heterocycles. The molecule has 5 nitrogen and oxygen atoms in total. The summed E-state index contributed by atoms with van der Waals surface area (Å²) in [5, 5.41) is 5.80. The van der Waals surface area contributed by atoms with E-state index in [-0.39, 0.29) is 12.5 Å². The summed E-state index contributed by atoms with van der Waals surface area (Å²) in [5.74, 6) is -0.570. The molecule has 0 aromatic heterocycles.